The van der Waals surface area contributed by atoms with Crippen LogP contribution in [-0.4, -0.2) is 14.0 Å². The Morgan fingerprint density at radius 2 is 1.48 bits per heavy atom. The summed E-state index contributed by atoms with van der Waals surface area (Å²) in [4.78, 5) is 4.84. The molecule has 0 amide bonds. The minimum Gasteiger partial charge on any atom is -0.278 e. The lowest BCUT2D eigenvalue weighted by molar-refractivity contribution is 1.11. The smallest absolute Gasteiger partial charge is 0.220 e. The molecule has 0 unspecified atom stereocenters. The van der Waals surface area contributed by atoms with Gasteiger partial charge in [0.1, 0.15) is 0 Å². The molecule has 0 aliphatic rings. The number of nitrogens with zero attached hydrogens (tertiary/aromatic N) is 3. The highest BCUT2D eigenvalue weighted by molar-refractivity contribution is 6.31. The number of fused-ring (bicyclic) bond motifs is 5. The molecule has 4 heteroatoms. The van der Waals surface area contributed by atoms with Crippen LogP contribution in [0.15, 0.2) is 72.8 Å². The van der Waals surface area contributed by atoms with Gasteiger partial charge >= 0.3 is 0 Å². The molecule has 3 aromatic carbocycles. The number of para-hydroxylation sites is 3. The first kappa shape index (κ1) is 12.7. The van der Waals surface area contributed by atoms with E-state index in [0.29, 0.717) is 0 Å². The molecule has 5 rings (SSSR count). The molecular weight excluding hydrogens is 306 g/mol. The Kier molecular flexibility index (Phi) is 2.55. The van der Waals surface area contributed by atoms with Crippen molar-refractivity contribution in [3.63, 3.8) is 0 Å². The summed E-state index contributed by atoms with van der Waals surface area (Å²) < 4.78 is 4.35. The second kappa shape index (κ2) is 4.61. The van der Waals surface area contributed by atoms with Crippen molar-refractivity contribution in [1.29, 1.82) is 0 Å². The highest BCUT2D eigenvalue weighted by atomic mass is 35.5. The zero-order valence-corrected chi connectivity index (χ0v) is 12.9. The molecule has 0 atom stereocenters. The zero-order valence-electron chi connectivity index (χ0n) is 12.1. The molecule has 110 valence electrons. The maximum atomic E-state index is 6.20. The van der Waals surface area contributed by atoms with Crippen molar-refractivity contribution in [3.05, 3.63) is 77.8 Å². The quantitative estimate of drug-likeness (QED) is 0.422. The summed E-state index contributed by atoms with van der Waals surface area (Å²) >= 11 is 6.20. The first-order valence-corrected chi connectivity index (χ1v) is 7.83. The summed E-state index contributed by atoms with van der Waals surface area (Å²) in [6, 6.07) is 24.5. The van der Waals surface area contributed by atoms with Crippen molar-refractivity contribution < 1.29 is 0 Å². The summed E-state index contributed by atoms with van der Waals surface area (Å²) in [5.74, 6) is 0.898. The molecule has 23 heavy (non-hydrogen) atoms. The van der Waals surface area contributed by atoms with E-state index in [9.17, 15) is 0 Å². The number of rotatable bonds is 1. The van der Waals surface area contributed by atoms with Gasteiger partial charge in [-0.1, -0.05) is 41.9 Å². The first-order valence-electron chi connectivity index (χ1n) is 7.45. The lowest BCUT2D eigenvalue weighted by atomic mass is 10.2. The van der Waals surface area contributed by atoms with E-state index in [2.05, 4.69) is 39.3 Å². The number of aromatic nitrogens is 3. The van der Waals surface area contributed by atoms with Crippen LogP contribution in [0.4, 0.5) is 0 Å². The molecule has 2 heterocycles. The lowest BCUT2D eigenvalue weighted by Crippen LogP contribution is -1.94. The molecule has 0 bridgehead atoms. The van der Waals surface area contributed by atoms with E-state index in [1.807, 2.05) is 42.5 Å². The molecule has 0 aliphatic heterocycles. The summed E-state index contributed by atoms with van der Waals surface area (Å²) in [6.07, 6.45) is 0. The molecule has 0 N–H and O–H groups in total. The molecular formula is C19H12ClN3. The standard InChI is InChI=1S/C19H12ClN3/c20-13-10-11-15-18(12-13)23-17-9-5-4-8-16(17)22(19(23)21-15)14-6-2-1-3-7-14/h1-12H. The largest absolute Gasteiger partial charge is 0.278 e. The molecule has 2 aromatic heterocycles. The van der Waals surface area contributed by atoms with Crippen molar-refractivity contribution >= 4 is 39.4 Å². The minimum atomic E-state index is 0.718. The van der Waals surface area contributed by atoms with Crippen LogP contribution in [0.5, 0.6) is 0 Å². The van der Waals surface area contributed by atoms with Gasteiger partial charge in [0, 0.05) is 10.7 Å². The van der Waals surface area contributed by atoms with Crippen molar-refractivity contribution in [1.82, 2.24) is 14.0 Å². The van der Waals surface area contributed by atoms with E-state index in [1.165, 1.54) is 0 Å². The van der Waals surface area contributed by atoms with Crippen LogP contribution in [-0.2, 0) is 0 Å². The molecule has 0 saturated heterocycles. The Bertz CT molecular complexity index is 1170. The van der Waals surface area contributed by atoms with Crippen LogP contribution in [0.3, 0.4) is 0 Å². The molecule has 0 fully saturated rings. The van der Waals surface area contributed by atoms with Crippen LogP contribution in [0.25, 0.3) is 33.5 Å². The third-order valence-electron chi connectivity index (χ3n) is 4.18. The van der Waals surface area contributed by atoms with E-state index in [1.54, 1.807) is 0 Å². The number of imidazole rings is 2. The fraction of sp³-hybridized carbons (Fsp3) is 0. The topological polar surface area (TPSA) is 22.2 Å². The molecule has 0 saturated carbocycles. The molecule has 5 aromatic rings. The van der Waals surface area contributed by atoms with Gasteiger partial charge in [0.05, 0.1) is 22.1 Å². The highest BCUT2D eigenvalue weighted by Crippen LogP contribution is 2.30. The predicted molar refractivity (Wildman–Crippen MR) is 94.5 cm³/mol. The van der Waals surface area contributed by atoms with E-state index in [0.717, 1.165) is 38.6 Å². The van der Waals surface area contributed by atoms with Gasteiger partial charge in [-0.15, -0.1) is 0 Å². The van der Waals surface area contributed by atoms with E-state index >= 15 is 0 Å². The Labute approximate surface area is 137 Å². The van der Waals surface area contributed by atoms with Gasteiger partial charge < -0.3 is 0 Å². The van der Waals surface area contributed by atoms with Crippen LogP contribution in [0, 0.1) is 0 Å². The number of hydrogen-bond acceptors (Lipinski definition) is 1. The van der Waals surface area contributed by atoms with Crippen molar-refractivity contribution in [2.75, 3.05) is 0 Å². The van der Waals surface area contributed by atoms with Crippen LogP contribution in [0.2, 0.25) is 5.02 Å². The third-order valence-corrected chi connectivity index (χ3v) is 4.41. The summed E-state index contributed by atoms with van der Waals surface area (Å²) in [5.41, 5.74) is 5.32. The van der Waals surface area contributed by atoms with Gasteiger partial charge in [-0.05, 0) is 42.5 Å². The monoisotopic (exact) mass is 317 g/mol. The minimum absolute atomic E-state index is 0.718. The average Bonchev–Trinajstić information content (AvgIpc) is 3.10. The second-order valence-electron chi connectivity index (χ2n) is 5.54. The number of halogens is 1. The SMILES string of the molecule is Clc1ccc2nc3n(-c4ccccc4)c4ccccc4n3c2c1. The first-order chi connectivity index (χ1) is 11.3. The Hall–Kier alpha value is -2.78. The number of hydrogen-bond donors (Lipinski definition) is 0. The van der Waals surface area contributed by atoms with Crippen LogP contribution < -0.4 is 0 Å². The van der Waals surface area contributed by atoms with Gasteiger partial charge in [0.25, 0.3) is 0 Å². The summed E-state index contributed by atoms with van der Waals surface area (Å²) in [6.45, 7) is 0. The molecule has 0 aliphatic carbocycles. The maximum absolute atomic E-state index is 6.20. The van der Waals surface area contributed by atoms with Gasteiger partial charge in [0.2, 0.25) is 5.78 Å². The maximum Gasteiger partial charge on any atom is 0.220 e. The second-order valence-corrected chi connectivity index (χ2v) is 5.98. The third kappa shape index (κ3) is 1.74. The van der Waals surface area contributed by atoms with Gasteiger partial charge in [-0.3, -0.25) is 8.97 Å². The fourth-order valence-electron chi connectivity index (χ4n) is 3.20. The predicted octanol–water partition coefficient (Wildman–Crippen LogP) is 5.08. The zero-order chi connectivity index (χ0) is 15.4. The summed E-state index contributed by atoms with van der Waals surface area (Å²) in [7, 11) is 0. The van der Waals surface area contributed by atoms with Crippen molar-refractivity contribution in [3.8, 4) is 5.69 Å². The normalized spacial score (nSPS) is 11.7. The van der Waals surface area contributed by atoms with Gasteiger partial charge in [-0.2, -0.15) is 0 Å². The lowest BCUT2D eigenvalue weighted by Gasteiger charge is -2.04. The molecule has 3 nitrogen and oxygen atoms in total. The Morgan fingerprint density at radius 3 is 2.30 bits per heavy atom. The van der Waals surface area contributed by atoms with Crippen molar-refractivity contribution in [2.24, 2.45) is 0 Å². The number of benzene rings is 3. The van der Waals surface area contributed by atoms with Crippen molar-refractivity contribution in [2.45, 2.75) is 0 Å². The highest BCUT2D eigenvalue weighted by Gasteiger charge is 2.16. The molecule has 0 radical (unpaired) electrons. The van der Waals surface area contributed by atoms with Crippen LogP contribution in [0.1, 0.15) is 0 Å². The van der Waals surface area contributed by atoms with Gasteiger partial charge in [0.15, 0.2) is 0 Å². The Morgan fingerprint density at radius 1 is 0.739 bits per heavy atom. The van der Waals surface area contributed by atoms with E-state index in [4.69, 9.17) is 16.6 Å². The van der Waals surface area contributed by atoms with E-state index < -0.39 is 0 Å². The average molecular weight is 318 g/mol. The van der Waals surface area contributed by atoms with Crippen LogP contribution >= 0.6 is 11.6 Å². The van der Waals surface area contributed by atoms with E-state index in [-0.39, 0.29) is 0 Å². The fourth-order valence-corrected chi connectivity index (χ4v) is 3.37. The Balaban J connectivity index is 2.05. The van der Waals surface area contributed by atoms with Gasteiger partial charge in [-0.25, -0.2) is 4.98 Å². The molecule has 0 spiro atoms. The summed E-state index contributed by atoms with van der Waals surface area (Å²) in [5, 5.41) is 0.718.